The van der Waals surface area contributed by atoms with E-state index in [9.17, 15) is 15.0 Å². The Morgan fingerprint density at radius 1 is 1.07 bits per heavy atom. The molecule has 4 rings (SSSR count). The second-order valence-corrected chi connectivity index (χ2v) is 7.59. The lowest BCUT2D eigenvalue weighted by Gasteiger charge is -2.44. The average molecular weight is 367 g/mol. The fourth-order valence-electron chi connectivity index (χ4n) is 4.70. The molecule has 5 nitrogen and oxygen atoms in total. The lowest BCUT2D eigenvalue weighted by molar-refractivity contribution is -0.0906. The second kappa shape index (κ2) is 7.43. The largest absolute Gasteiger partial charge is 0.458 e. The van der Waals surface area contributed by atoms with E-state index < -0.39 is 18.3 Å². The van der Waals surface area contributed by atoms with Crippen molar-refractivity contribution in [2.24, 2.45) is 5.92 Å². The Bertz CT molecular complexity index is 781. The van der Waals surface area contributed by atoms with Crippen molar-refractivity contribution in [2.75, 3.05) is 7.05 Å². The van der Waals surface area contributed by atoms with Crippen LogP contribution in [0.25, 0.3) is 0 Å². The number of piperidine rings is 1. The van der Waals surface area contributed by atoms with Crippen molar-refractivity contribution in [3.05, 3.63) is 71.8 Å². The molecule has 0 aromatic heterocycles. The van der Waals surface area contributed by atoms with Crippen LogP contribution < -0.4 is 0 Å². The summed E-state index contributed by atoms with van der Waals surface area (Å²) < 4.78 is 5.87. The molecule has 2 fully saturated rings. The molecule has 2 N–H and O–H groups in total. The maximum atomic E-state index is 12.6. The van der Waals surface area contributed by atoms with Crippen molar-refractivity contribution >= 4 is 5.97 Å². The molecule has 2 bridgehead atoms. The number of carbonyl (C=O) groups excluding carboxylic acids is 1. The molecule has 0 unspecified atom stereocenters. The van der Waals surface area contributed by atoms with E-state index in [2.05, 4.69) is 4.90 Å². The lowest BCUT2D eigenvalue weighted by Crippen LogP contribution is -2.54. The first-order valence-electron chi connectivity index (χ1n) is 9.45. The molecular weight excluding hydrogens is 342 g/mol. The maximum absolute atomic E-state index is 12.6. The number of aliphatic hydroxyl groups is 2. The first-order chi connectivity index (χ1) is 13.1. The standard InChI is InChI=1S/C22H25NO4/c1-23-16-12-17(24)20(23)19(21(25)14-8-4-2-5-9-14)18(13-16)27-22(26)15-10-6-3-7-11-15/h2-11,16-21,24-25H,12-13H2,1H3/t16-,17+,18-,19-,20+,21+/m1/s1. The number of rotatable bonds is 4. The summed E-state index contributed by atoms with van der Waals surface area (Å²) in [6.45, 7) is 0. The van der Waals surface area contributed by atoms with Gasteiger partial charge in [-0.2, -0.15) is 0 Å². The number of fused-ring (bicyclic) bond motifs is 2. The molecular formula is C22H25NO4. The Balaban J connectivity index is 1.63. The van der Waals surface area contributed by atoms with E-state index in [-0.39, 0.29) is 24.0 Å². The predicted molar refractivity (Wildman–Crippen MR) is 101 cm³/mol. The normalized spacial score (nSPS) is 31.4. The zero-order valence-electron chi connectivity index (χ0n) is 15.3. The molecule has 27 heavy (non-hydrogen) atoms. The number of carbonyl (C=O) groups is 1. The van der Waals surface area contributed by atoms with E-state index in [1.165, 1.54) is 0 Å². The van der Waals surface area contributed by atoms with Gasteiger partial charge in [-0.1, -0.05) is 48.5 Å². The molecule has 2 aromatic rings. The predicted octanol–water partition coefficient (Wildman–Crippen LogP) is 2.40. The van der Waals surface area contributed by atoms with Crippen molar-refractivity contribution in [3.8, 4) is 0 Å². The molecule has 0 saturated carbocycles. The summed E-state index contributed by atoms with van der Waals surface area (Å²) in [4.78, 5) is 14.8. The molecule has 0 radical (unpaired) electrons. The fourth-order valence-corrected chi connectivity index (χ4v) is 4.70. The van der Waals surface area contributed by atoms with Crippen molar-refractivity contribution in [1.82, 2.24) is 4.90 Å². The van der Waals surface area contributed by atoms with Gasteiger partial charge >= 0.3 is 5.97 Å². The SMILES string of the molecule is CN1[C@@H]2C[C@H](O)[C@H]1[C@H]([C@@H](O)c1ccccc1)[C@H](OC(=O)c1ccccc1)C2. The summed E-state index contributed by atoms with van der Waals surface area (Å²) in [5.41, 5.74) is 1.27. The summed E-state index contributed by atoms with van der Waals surface area (Å²) in [7, 11) is 1.98. The van der Waals surface area contributed by atoms with Crippen LogP contribution >= 0.6 is 0 Å². The van der Waals surface area contributed by atoms with Crippen LogP contribution in [0.4, 0.5) is 0 Å². The fraction of sp³-hybridized carbons (Fsp3) is 0.409. The Morgan fingerprint density at radius 3 is 2.37 bits per heavy atom. The molecule has 142 valence electrons. The van der Waals surface area contributed by atoms with Gasteiger partial charge in [-0.05, 0) is 31.2 Å². The van der Waals surface area contributed by atoms with Crippen LogP contribution in [-0.4, -0.2) is 52.4 Å². The average Bonchev–Trinajstić information content (AvgIpc) is 2.87. The Morgan fingerprint density at radius 2 is 1.70 bits per heavy atom. The third kappa shape index (κ3) is 3.38. The highest BCUT2D eigenvalue weighted by Gasteiger charge is 2.54. The smallest absolute Gasteiger partial charge is 0.338 e. The topological polar surface area (TPSA) is 70.0 Å². The highest BCUT2D eigenvalue weighted by atomic mass is 16.5. The maximum Gasteiger partial charge on any atom is 0.338 e. The van der Waals surface area contributed by atoms with Crippen molar-refractivity contribution < 1.29 is 19.7 Å². The number of esters is 1. The van der Waals surface area contributed by atoms with Gasteiger partial charge in [-0.25, -0.2) is 4.79 Å². The molecule has 2 aliphatic heterocycles. The van der Waals surface area contributed by atoms with E-state index >= 15 is 0 Å². The molecule has 0 amide bonds. The highest BCUT2D eigenvalue weighted by molar-refractivity contribution is 5.89. The summed E-state index contributed by atoms with van der Waals surface area (Å²) in [6, 6.07) is 18.2. The second-order valence-electron chi connectivity index (χ2n) is 7.59. The molecule has 0 spiro atoms. The molecule has 2 saturated heterocycles. The van der Waals surface area contributed by atoms with Crippen LogP contribution in [0.1, 0.15) is 34.9 Å². The lowest BCUT2D eigenvalue weighted by atomic mass is 9.80. The van der Waals surface area contributed by atoms with Crippen LogP contribution in [0.3, 0.4) is 0 Å². The minimum atomic E-state index is -0.819. The van der Waals surface area contributed by atoms with Crippen LogP contribution in [0.15, 0.2) is 60.7 Å². The van der Waals surface area contributed by atoms with Crippen molar-refractivity contribution in [1.29, 1.82) is 0 Å². The van der Waals surface area contributed by atoms with Gasteiger partial charge in [0.05, 0.1) is 17.8 Å². The Hall–Kier alpha value is -2.21. The minimum absolute atomic E-state index is 0.151. The van der Waals surface area contributed by atoms with Gasteiger partial charge < -0.3 is 14.9 Å². The highest BCUT2D eigenvalue weighted by Crippen LogP contribution is 2.45. The number of likely N-dealkylation sites (N-methyl/N-ethyl adjacent to an activating group) is 1. The van der Waals surface area contributed by atoms with Crippen LogP contribution in [0.5, 0.6) is 0 Å². The molecule has 5 heteroatoms. The number of hydrogen-bond donors (Lipinski definition) is 2. The van der Waals surface area contributed by atoms with Gasteiger partial charge in [-0.15, -0.1) is 0 Å². The third-order valence-corrected chi connectivity index (χ3v) is 6.06. The number of aliphatic hydroxyl groups excluding tert-OH is 2. The van der Waals surface area contributed by atoms with Crippen molar-refractivity contribution in [2.45, 2.75) is 43.2 Å². The van der Waals surface area contributed by atoms with Crippen molar-refractivity contribution in [3.63, 3.8) is 0 Å². The third-order valence-electron chi connectivity index (χ3n) is 6.06. The quantitative estimate of drug-likeness (QED) is 0.812. The molecule has 2 aromatic carbocycles. The Kier molecular flexibility index (Phi) is 5.00. The number of ether oxygens (including phenoxy) is 1. The minimum Gasteiger partial charge on any atom is -0.458 e. The Labute approximate surface area is 159 Å². The van der Waals surface area contributed by atoms with Gasteiger partial charge in [0.1, 0.15) is 6.10 Å². The zero-order chi connectivity index (χ0) is 19.0. The van der Waals surface area contributed by atoms with E-state index in [1.54, 1.807) is 24.3 Å². The molecule has 6 atom stereocenters. The first-order valence-corrected chi connectivity index (χ1v) is 9.45. The zero-order valence-corrected chi connectivity index (χ0v) is 15.3. The van der Waals surface area contributed by atoms with E-state index in [4.69, 9.17) is 4.74 Å². The molecule has 2 aliphatic rings. The van der Waals surface area contributed by atoms with Gasteiger partial charge in [0.25, 0.3) is 0 Å². The monoisotopic (exact) mass is 367 g/mol. The van der Waals surface area contributed by atoms with E-state index in [0.29, 0.717) is 18.4 Å². The number of benzene rings is 2. The van der Waals surface area contributed by atoms with Gasteiger partial charge in [0, 0.05) is 24.4 Å². The van der Waals surface area contributed by atoms with Gasteiger partial charge in [-0.3, -0.25) is 4.90 Å². The van der Waals surface area contributed by atoms with E-state index in [0.717, 1.165) is 5.56 Å². The first kappa shape index (κ1) is 18.2. The number of nitrogens with zero attached hydrogens (tertiary/aromatic N) is 1. The van der Waals surface area contributed by atoms with Crippen LogP contribution in [-0.2, 0) is 4.74 Å². The molecule has 2 heterocycles. The van der Waals surface area contributed by atoms with Gasteiger partial charge in [0.2, 0.25) is 0 Å². The number of hydrogen-bond acceptors (Lipinski definition) is 5. The summed E-state index contributed by atoms with van der Waals surface area (Å²) in [5.74, 6) is -0.775. The van der Waals surface area contributed by atoms with Crippen LogP contribution in [0.2, 0.25) is 0 Å². The summed E-state index contributed by atoms with van der Waals surface area (Å²) in [5, 5.41) is 21.7. The molecule has 0 aliphatic carbocycles. The summed E-state index contributed by atoms with van der Waals surface area (Å²) in [6.07, 6.45) is -0.559. The van der Waals surface area contributed by atoms with Crippen LogP contribution in [0, 0.1) is 5.92 Å². The summed E-state index contributed by atoms with van der Waals surface area (Å²) >= 11 is 0. The van der Waals surface area contributed by atoms with Gasteiger partial charge in [0.15, 0.2) is 0 Å². The van der Waals surface area contributed by atoms with E-state index in [1.807, 2.05) is 43.4 Å².